The van der Waals surface area contributed by atoms with E-state index >= 15 is 0 Å². The van der Waals surface area contributed by atoms with Crippen LogP contribution in [0.2, 0.25) is 0 Å². The summed E-state index contributed by atoms with van der Waals surface area (Å²) >= 11 is 0. The number of carbonyl (C=O) groups excluding carboxylic acids is 2. The zero-order valence-electron chi connectivity index (χ0n) is 17.5. The van der Waals surface area contributed by atoms with Crippen LogP contribution in [0, 0.1) is 0 Å². The Morgan fingerprint density at radius 2 is 0.875 bits per heavy atom. The predicted octanol–water partition coefficient (Wildman–Crippen LogP) is 3.40. The molecule has 0 heterocycles. The van der Waals surface area contributed by atoms with Crippen LogP contribution in [0.15, 0.2) is 60.7 Å². The fraction of sp³-hybridized carbons (Fsp3) is 0.364. The van der Waals surface area contributed by atoms with E-state index in [9.17, 15) is 9.59 Å². The first-order chi connectivity index (χ1) is 15.7. The molecule has 174 valence electrons. The Bertz CT molecular complexity index is 688. The van der Waals surface area contributed by atoms with Gasteiger partial charge in [-0.2, -0.15) is 19.4 Å². The van der Waals surface area contributed by atoms with Crippen molar-refractivity contribution >= 4 is 12.3 Å². The van der Waals surface area contributed by atoms with Crippen LogP contribution in [-0.4, -0.2) is 65.2 Å². The van der Waals surface area contributed by atoms with Crippen molar-refractivity contribution in [3.63, 3.8) is 0 Å². The molecule has 2 aromatic carbocycles. The second-order valence-electron chi connectivity index (χ2n) is 5.91. The minimum Gasteiger partial charge on any atom is -0.491 e. The van der Waals surface area contributed by atoms with Crippen LogP contribution in [-0.2, 0) is 28.7 Å². The molecule has 10 nitrogen and oxygen atoms in total. The minimum absolute atomic E-state index is 0.0819. The Morgan fingerprint density at radius 1 is 0.500 bits per heavy atom. The molecule has 32 heavy (non-hydrogen) atoms. The van der Waals surface area contributed by atoms with E-state index < -0.39 is 12.3 Å². The third kappa shape index (κ3) is 12.3. The van der Waals surface area contributed by atoms with Gasteiger partial charge in [-0.05, 0) is 24.3 Å². The molecule has 0 radical (unpaired) electrons. The fourth-order valence-electron chi connectivity index (χ4n) is 2.16. The zero-order chi connectivity index (χ0) is 22.7. The molecule has 0 aromatic heterocycles. The summed E-state index contributed by atoms with van der Waals surface area (Å²) in [5.74, 6) is 1.48. The molecule has 0 fully saturated rings. The van der Waals surface area contributed by atoms with Gasteiger partial charge in [-0.3, -0.25) is 0 Å². The molecule has 0 unspecified atom stereocenters. The summed E-state index contributed by atoms with van der Waals surface area (Å²) in [4.78, 5) is 30.9. The van der Waals surface area contributed by atoms with Crippen molar-refractivity contribution in [2.45, 2.75) is 0 Å². The summed E-state index contributed by atoms with van der Waals surface area (Å²) in [6.45, 7) is 1.43. The lowest BCUT2D eigenvalue weighted by Gasteiger charge is -2.08. The Labute approximate surface area is 185 Å². The molecule has 0 bridgehead atoms. The highest BCUT2D eigenvalue weighted by Crippen LogP contribution is 2.08. The van der Waals surface area contributed by atoms with Gasteiger partial charge < -0.3 is 28.4 Å². The lowest BCUT2D eigenvalue weighted by Crippen LogP contribution is -2.18. The normalized spacial score (nSPS) is 10.1. The fourth-order valence-corrected chi connectivity index (χ4v) is 2.16. The standard InChI is InChI=1S/C22H26O10/c23-21(29-17-13-25-11-15-27-19-7-3-1-4-8-19)31-32-22(24)30-18-14-26-12-16-28-20-9-5-2-6-10-20/h1-10H,11-18H2. The number of rotatable bonds is 14. The number of hydrogen-bond acceptors (Lipinski definition) is 10. The molecule has 2 aromatic rings. The van der Waals surface area contributed by atoms with Gasteiger partial charge in [0.05, 0.1) is 26.4 Å². The molecule has 0 atom stereocenters. The molecule has 10 heteroatoms. The molecule has 0 aliphatic rings. The van der Waals surface area contributed by atoms with Crippen LogP contribution in [0.4, 0.5) is 9.59 Å². The molecule has 0 N–H and O–H groups in total. The van der Waals surface area contributed by atoms with Crippen molar-refractivity contribution in [1.82, 2.24) is 0 Å². The molecule has 0 spiro atoms. The van der Waals surface area contributed by atoms with Gasteiger partial charge >= 0.3 is 12.3 Å². The molecule has 0 saturated carbocycles. The number of benzene rings is 2. The summed E-state index contributed by atoms with van der Waals surface area (Å²) < 4.78 is 30.7. The predicted molar refractivity (Wildman–Crippen MR) is 110 cm³/mol. The van der Waals surface area contributed by atoms with E-state index in [2.05, 4.69) is 19.2 Å². The first-order valence-electron chi connectivity index (χ1n) is 9.93. The Hall–Kier alpha value is -3.50. The Kier molecular flexibility index (Phi) is 12.6. The molecular formula is C22H26O10. The van der Waals surface area contributed by atoms with E-state index in [0.29, 0.717) is 26.4 Å². The van der Waals surface area contributed by atoms with Crippen molar-refractivity contribution < 1.29 is 47.8 Å². The number of ether oxygens (including phenoxy) is 6. The third-order valence-corrected chi connectivity index (χ3v) is 3.55. The van der Waals surface area contributed by atoms with E-state index in [1.807, 2.05) is 60.7 Å². The topological polar surface area (TPSA) is 108 Å². The SMILES string of the molecule is O=C(OCCOCCOc1ccccc1)OOC(=O)OCCOCCOc1ccccc1. The van der Waals surface area contributed by atoms with Crippen molar-refractivity contribution in [2.75, 3.05) is 52.9 Å². The average Bonchev–Trinajstić information content (AvgIpc) is 2.83. The second kappa shape index (κ2) is 16.2. The van der Waals surface area contributed by atoms with Gasteiger partial charge in [-0.25, -0.2) is 0 Å². The van der Waals surface area contributed by atoms with Gasteiger partial charge in [-0.1, -0.05) is 36.4 Å². The van der Waals surface area contributed by atoms with Crippen LogP contribution < -0.4 is 9.47 Å². The van der Waals surface area contributed by atoms with Gasteiger partial charge in [0, 0.05) is 0 Å². The monoisotopic (exact) mass is 450 g/mol. The highest BCUT2D eigenvalue weighted by atomic mass is 17.3. The van der Waals surface area contributed by atoms with Crippen molar-refractivity contribution in [2.24, 2.45) is 0 Å². The summed E-state index contributed by atoms with van der Waals surface area (Å²) in [5, 5.41) is 0. The number of carbonyl (C=O) groups is 2. The first-order valence-corrected chi connectivity index (χ1v) is 9.93. The zero-order valence-corrected chi connectivity index (χ0v) is 17.5. The van der Waals surface area contributed by atoms with E-state index in [1.54, 1.807) is 0 Å². The molecule has 2 rings (SSSR count). The largest absolute Gasteiger partial charge is 0.550 e. The van der Waals surface area contributed by atoms with Crippen LogP contribution >= 0.6 is 0 Å². The summed E-state index contributed by atoms with van der Waals surface area (Å²) in [6, 6.07) is 18.6. The van der Waals surface area contributed by atoms with Crippen LogP contribution in [0.25, 0.3) is 0 Å². The third-order valence-electron chi connectivity index (χ3n) is 3.55. The lowest BCUT2D eigenvalue weighted by atomic mass is 10.3. The van der Waals surface area contributed by atoms with Gasteiger partial charge in [-0.15, -0.1) is 0 Å². The van der Waals surface area contributed by atoms with E-state index in [-0.39, 0.29) is 26.4 Å². The molecular weight excluding hydrogens is 424 g/mol. The quantitative estimate of drug-likeness (QED) is 0.184. The van der Waals surface area contributed by atoms with Gasteiger partial charge in [0.25, 0.3) is 0 Å². The number of para-hydroxylation sites is 2. The highest BCUT2D eigenvalue weighted by Gasteiger charge is 2.11. The number of hydrogen-bond donors (Lipinski definition) is 0. The van der Waals surface area contributed by atoms with Gasteiger partial charge in [0.2, 0.25) is 0 Å². The lowest BCUT2D eigenvalue weighted by molar-refractivity contribution is -0.219. The maximum Gasteiger partial charge on any atom is 0.550 e. The molecule has 0 amide bonds. The van der Waals surface area contributed by atoms with Crippen LogP contribution in [0.1, 0.15) is 0 Å². The Balaban J connectivity index is 1.34. The summed E-state index contributed by atoms with van der Waals surface area (Å²) in [7, 11) is 0. The van der Waals surface area contributed by atoms with Gasteiger partial charge in [0.15, 0.2) is 0 Å². The second-order valence-corrected chi connectivity index (χ2v) is 5.91. The van der Waals surface area contributed by atoms with Crippen LogP contribution in [0.3, 0.4) is 0 Å². The van der Waals surface area contributed by atoms with Crippen LogP contribution in [0.5, 0.6) is 11.5 Å². The maximum absolute atomic E-state index is 11.3. The Morgan fingerprint density at radius 3 is 1.28 bits per heavy atom. The summed E-state index contributed by atoms with van der Waals surface area (Å²) in [5.41, 5.74) is 0. The maximum atomic E-state index is 11.3. The summed E-state index contributed by atoms with van der Waals surface area (Å²) in [6.07, 6.45) is -2.39. The molecule has 0 aliphatic heterocycles. The average molecular weight is 450 g/mol. The van der Waals surface area contributed by atoms with Crippen molar-refractivity contribution in [1.29, 1.82) is 0 Å². The minimum atomic E-state index is -1.19. The van der Waals surface area contributed by atoms with Crippen molar-refractivity contribution in [3.8, 4) is 11.5 Å². The van der Waals surface area contributed by atoms with E-state index in [4.69, 9.17) is 18.9 Å². The van der Waals surface area contributed by atoms with Crippen molar-refractivity contribution in [3.05, 3.63) is 60.7 Å². The molecule has 0 saturated heterocycles. The smallest absolute Gasteiger partial charge is 0.491 e. The van der Waals surface area contributed by atoms with Gasteiger partial charge in [0.1, 0.15) is 37.9 Å². The van der Waals surface area contributed by atoms with E-state index in [0.717, 1.165) is 11.5 Å². The van der Waals surface area contributed by atoms with E-state index in [1.165, 1.54) is 0 Å². The molecule has 0 aliphatic carbocycles. The highest BCUT2D eigenvalue weighted by molar-refractivity contribution is 5.63. The first kappa shape index (κ1) is 24.8.